The van der Waals surface area contributed by atoms with Crippen molar-refractivity contribution in [2.75, 3.05) is 51.8 Å². The van der Waals surface area contributed by atoms with Gasteiger partial charge in [-0.2, -0.15) is 9.97 Å². The van der Waals surface area contributed by atoms with Crippen LogP contribution in [0.5, 0.6) is 17.5 Å². The summed E-state index contributed by atoms with van der Waals surface area (Å²) >= 11 is 0. The van der Waals surface area contributed by atoms with Crippen molar-refractivity contribution < 1.29 is 32.6 Å². The van der Waals surface area contributed by atoms with Crippen LogP contribution >= 0.6 is 0 Å². The van der Waals surface area contributed by atoms with E-state index in [4.69, 9.17) is 30.6 Å². The molecule has 10 nitrogen and oxygen atoms in total. The van der Waals surface area contributed by atoms with Gasteiger partial charge in [0.15, 0.2) is 11.6 Å². The maximum absolute atomic E-state index is 15.1. The van der Waals surface area contributed by atoms with Gasteiger partial charge in [0.2, 0.25) is 5.91 Å². The zero-order chi connectivity index (χ0) is 36.6. The van der Waals surface area contributed by atoms with E-state index >= 15 is 4.39 Å². The molecular formula is C39H45F2N5O5. The third-order valence-electron chi connectivity index (χ3n) is 10.4. The molecule has 2 fully saturated rings. The van der Waals surface area contributed by atoms with Crippen molar-refractivity contribution in [2.24, 2.45) is 5.92 Å². The number of carbonyl (C=O) groups is 2. The van der Waals surface area contributed by atoms with Crippen molar-refractivity contribution in [3.8, 4) is 29.9 Å². The number of terminal acetylenes is 1. The molecule has 1 aromatic heterocycles. The zero-order valence-corrected chi connectivity index (χ0v) is 29.9. The first-order valence-corrected chi connectivity index (χ1v) is 17.4. The van der Waals surface area contributed by atoms with Gasteiger partial charge in [0, 0.05) is 56.9 Å². The topological polar surface area (TPSA) is 97.3 Å². The van der Waals surface area contributed by atoms with Crippen LogP contribution in [0, 0.1) is 24.1 Å². The Kier molecular flexibility index (Phi) is 10.2. The number of hydrogen-bond acceptors (Lipinski definition) is 9. The second kappa shape index (κ2) is 14.5. The number of likely N-dealkylation sites (tertiary alicyclic amines) is 2. The number of benzene rings is 2. The van der Waals surface area contributed by atoms with Gasteiger partial charge in [-0.05, 0) is 62.0 Å². The van der Waals surface area contributed by atoms with Gasteiger partial charge in [-0.3, -0.25) is 14.5 Å². The molecule has 6 rings (SSSR count). The van der Waals surface area contributed by atoms with Crippen LogP contribution in [-0.4, -0.2) is 96.3 Å². The Morgan fingerprint density at radius 1 is 1.29 bits per heavy atom. The monoisotopic (exact) mass is 701 g/mol. The molecule has 0 aliphatic carbocycles. The summed E-state index contributed by atoms with van der Waals surface area (Å²) in [5, 5.41) is 1.16. The number of ether oxygens (including phenoxy) is 3. The lowest BCUT2D eigenvalue weighted by atomic mass is 9.87. The van der Waals surface area contributed by atoms with Crippen LogP contribution in [0.2, 0.25) is 0 Å². The Balaban J connectivity index is 1.39. The largest absolute Gasteiger partial charge is 0.487 e. The van der Waals surface area contributed by atoms with Crippen molar-refractivity contribution in [2.45, 2.75) is 70.1 Å². The standard InChI is InChI=1S/C39H45F2N5O5/c1-8-29-31(41)13-12-24-15-28(51-37(48)23(3)4)17-30(34(24)29)25-16-32-35(49-21-25)36(44(6)20-27-11-10-14-46(27)33(47)9-2)43-38(42-32)50-22-39(5)18-26(40)19-45(39)7/h1,9,12-13,15,17,23,25-27H,2,10-11,14,16,18-22H2,3-7H3/t25-,26+,27-,39-/m0/s1. The van der Waals surface area contributed by atoms with E-state index in [1.165, 1.54) is 12.1 Å². The molecule has 12 heteroatoms. The number of hydrogen-bond donors (Lipinski definition) is 0. The number of likely N-dealkylation sites (N-methyl/N-ethyl adjacent to an activating group) is 2. The quantitative estimate of drug-likeness (QED) is 0.118. The summed E-state index contributed by atoms with van der Waals surface area (Å²) in [6.45, 7) is 10.9. The molecule has 0 spiro atoms. The zero-order valence-electron chi connectivity index (χ0n) is 29.9. The summed E-state index contributed by atoms with van der Waals surface area (Å²) in [5.41, 5.74) is 0.777. The number of esters is 1. The Morgan fingerprint density at radius 3 is 2.76 bits per heavy atom. The summed E-state index contributed by atoms with van der Waals surface area (Å²) in [5.74, 6) is 2.03. The first-order valence-electron chi connectivity index (χ1n) is 17.4. The van der Waals surface area contributed by atoms with Gasteiger partial charge in [0.1, 0.15) is 24.3 Å². The maximum atomic E-state index is 15.1. The van der Waals surface area contributed by atoms with Crippen LogP contribution in [0.4, 0.5) is 14.6 Å². The molecule has 0 unspecified atom stereocenters. The fourth-order valence-corrected chi connectivity index (χ4v) is 7.39. The highest BCUT2D eigenvalue weighted by Gasteiger charge is 2.41. The fraction of sp³-hybridized carbons (Fsp3) is 0.487. The highest BCUT2D eigenvalue weighted by Crippen LogP contribution is 2.42. The van der Waals surface area contributed by atoms with E-state index in [0.717, 1.165) is 12.8 Å². The van der Waals surface area contributed by atoms with Crippen molar-refractivity contribution in [1.29, 1.82) is 0 Å². The molecule has 2 aromatic carbocycles. The molecule has 0 bridgehead atoms. The molecule has 0 saturated carbocycles. The lowest BCUT2D eigenvalue weighted by Gasteiger charge is -2.33. The van der Waals surface area contributed by atoms with Crippen LogP contribution in [0.15, 0.2) is 36.9 Å². The minimum Gasteiger partial charge on any atom is -0.487 e. The Hall–Kier alpha value is -4.76. The van der Waals surface area contributed by atoms with Crippen LogP contribution in [0.25, 0.3) is 10.8 Å². The number of anilines is 1. The lowest BCUT2D eigenvalue weighted by molar-refractivity contribution is -0.137. The third kappa shape index (κ3) is 7.22. The molecule has 1 amide bonds. The average molecular weight is 702 g/mol. The molecule has 3 aliphatic heterocycles. The van der Waals surface area contributed by atoms with Gasteiger partial charge >= 0.3 is 12.0 Å². The molecule has 0 radical (unpaired) electrons. The fourth-order valence-electron chi connectivity index (χ4n) is 7.39. The van der Waals surface area contributed by atoms with Gasteiger partial charge in [-0.1, -0.05) is 32.4 Å². The molecule has 3 aromatic rings. The number of halogens is 2. The first-order chi connectivity index (χ1) is 24.3. The maximum Gasteiger partial charge on any atom is 0.318 e. The summed E-state index contributed by atoms with van der Waals surface area (Å²) in [7, 11) is 3.76. The Bertz CT molecular complexity index is 1900. The summed E-state index contributed by atoms with van der Waals surface area (Å²) < 4.78 is 47.9. The smallest absolute Gasteiger partial charge is 0.318 e. The normalized spacial score (nSPS) is 23.1. The van der Waals surface area contributed by atoms with Crippen molar-refractivity contribution in [3.05, 3.63) is 59.6 Å². The molecule has 51 heavy (non-hydrogen) atoms. The van der Waals surface area contributed by atoms with Crippen LogP contribution < -0.4 is 19.1 Å². The first kappa shape index (κ1) is 36.0. The number of aromatic nitrogens is 2. The minimum atomic E-state index is -0.959. The summed E-state index contributed by atoms with van der Waals surface area (Å²) in [6.07, 6.45) is 8.59. The Labute approximate surface area is 297 Å². The predicted molar refractivity (Wildman–Crippen MR) is 191 cm³/mol. The molecule has 4 atom stereocenters. The minimum absolute atomic E-state index is 0.0564. The van der Waals surface area contributed by atoms with Crippen molar-refractivity contribution >= 4 is 28.5 Å². The van der Waals surface area contributed by atoms with Crippen molar-refractivity contribution in [1.82, 2.24) is 19.8 Å². The average Bonchev–Trinajstić information content (AvgIpc) is 3.67. The molecule has 2 saturated heterocycles. The molecule has 4 heterocycles. The van der Waals surface area contributed by atoms with E-state index in [1.807, 2.05) is 35.7 Å². The molecule has 3 aliphatic rings. The SMILES string of the molecule is C#Cc1c(F)ccc2cc(OC(=O)C(C)C)cc([C@@H]3COc4c(nc(OC[C@]5(C)C[C@@H](F)CN5C)nc4N(C)C[C@@H]4CCCN4C(=O)C=C)C3)c12. The van der Waals surface area contributed by atoms with Gasteiger partial charge in [-0.25, -0.2) is 8.78 Å². The summed E-state index contributed by atoms with van der Waals surface area (Å²) in [4.78, 5) is 40.5. The number of rotatable bonds is 10. The second-order valence-electron chi connectivity index (χ2n) is 14.5. The van der Waals surface area contributed by atoms with Gasteiger partial charge in [-0.15, -0.1) is 6.42 Å². The molecular weight excluding hydrogens is 656 g/mol. The molecule has 0 N–H and O–H groups in total. The number of alkyl halides is 1. The Morgan fingerprint density at radius 2 is 2.08 bits per heavy atom. The van der Waals surface area contributed by atoms with Crippen LogP contribution in [0.1, 0.15) is 62.8 Å². The number of amides is 1. The van der Waals surface area contributed by atoms with E-state index < -0.39 is 23.5 Å². The van der Waals surface area contributed by atoms with Gasteiger partial charge < -0.3 is 24.0 Å². The van der Waals surface area contributed by atoms with Crippen LogP contribution in [0.3, 0.4) is 0 Å². The van der Waals surface area contributed by atoms with Crippen molar-refractivity contribution in [3.63, 3.8) is 0 Å². The van der Waals surface area contributed by atoms with E-state index in [9.17, 15) is 14.0 Å². The highest BCUT2D eigenvalue weighted by molar-refractivity contribution is 5.93. The lowest BCUT2D eigenvalue weighted by Crippen LogP contribution is -2.43. The predicted octanol–water partition coefficient (Wildman–Crippen LogP) is 5.45. The summed E-state index contributed by atoms with van der Waals surface area (Å²) in [6, 6.07) is 6.39. The van der Waals surface area contributed by atoms with E-state index in [1.54, 1.807) is 32.0 Å². The molecule has 270 valence electrons. The number of nitrogens with zero attached hydrogens (tertiary/aromatic N) is 5. The second-order valence-corrected chi connectivity index (χ2v) is 14.5. The van der Waals surface area contributed by atoms with Crippen LogP contribution in [-0.2, 0) is 16.0 Å². The van der Waals surface area contributed by atoms with E-state index in [2.05, 4.69) is 12.5 Å². The third-order valence-corrected chi connectivity index (χ3v) is 10.4. The van der Waals surface area contributed by atoms with E-state index in [-0.39, 0.29) is 48.6 Å². The van der Waals surface area contributed by atoms with Gasteiger partial charge in [0.25, 0.3) is 0 Å². The highest BCUT2D eigenvalue weighted by atomic mass is 19.1. The number of carbonyl (C=O) groups excluding carboxylic acids is 2. The van der Waals surface area contributed by atoms with Gasteiger partial charge in [0.05, 0.1) is 29.3 Å². The van der Waals surface area contributed by atoms with E-state index in [0.29, 0.717) is 71.8 Å². The number of fused-ring (bicyclic) bond motifs is 2.